The molecule has 1 saturated heterocycles. The van der Waals surface area contributed by atoms with Gasteiger partial charge in [0.15, 0.2) is 6.29 Å². The van der Waals surface area contributed by atoms with Crippen LogP contribution in [-0.4, -0.2) is 12.9 Å². The Kier molecular flexibility index (Phi) is 5.11. The summed E-state index contributed by atoms with van der Waals surface area (Å²) in [5.74, 6) is 0. The van der Waals surface area contributed by atoms with E-state index in [2.05, 4.69) is 30.3 Å². The van der Waals surface area contributed by atoms with Gasteiger partial charge in [-0.1, -0.05) is 30.3 Å². The molecule has 1 aliphatic heterocycles. The third-order valence-electron chi connectivity index (χ3n) is 2.91. The van der Waals surface area contributed by atoms with Gasteiger partial charge in [-0.15, -0.1) is 0 Å². The lowest BCUT2D eigenvalue weighted by molar-refractivity contribution is -0.129. The molecule has 1 aromatic carbocycles. The van der Waals surface area contributed by atoms with Crippen LogP contribution in [0, 0.1) is 0 Å². The summed E-state index contributed by atoms with van der Waals surface area (Å²) >= 11 is 0. The molecule has 1 atom stereocenters. The van der Waals surface area contributed by atoms with Crippen molar-refractivity contribution in [2.45, 2.75) is 38.4 Å². The summed E-state index contributed by atoms with van der Waals surface area (Å²) in [4.78, 5) is 0. The van der Waals surface area contributed by atoms with Gasteiger partial charge in [-0.05, 0) is 37.3 Å². The minimum Gasteiger partial charge on any atom is -0.473 e. The molecule has 0 aromatic heterocycles. The van der Waals surface area contributed by atoms with Gasteiger partial charge in [-0.25, -0.2) is 0 Å². The second-order valence-corrected chi connectivity index (χ2v) is 4.33. The predicted molar refractivity (Wildman–Crippen MR) is 68.6 cm³/mol. The van der Waals surface area contributed by atoms with Crippen LogP contribution in [0.4, 0.5) is 0 Å². The maximum absolute atomic E-state index is 5.52. The van der Waals surface area contributed by atoms with Crippen molar-refractivity contribution in [3.8, 4) is 0 Å². The van der Waals surface area contributed by atoms with Crippen LogP contribution < -0.4 is 0 Å². The van der Waals surface area contributed by atoms with Crippen LogP contribution in [0.25, 0.3) is 0 Å². The first-order valence-electron chi connectivity index (χ1n) is 6.41. The molecule has 0 aliphatic carbocycles. The number of benzene rings is 1. The first kappa shape index (κ1) is 12.2. The summed E-state index contributed by atoms with van der Waals surface area (Å²) in [5.41, 5.74) is 1.37. The van der Waals surface area contributed by atoms with Gasteiger partial charge in [-0.2, -0.15) is 0 Å². The summed E-state index contributed by atoms with van der Waals surface area (Å²) in [6, 6.07) is 10.5. The zero-order valence-electron chi connectivity index (χ0n) is 10.2. The summed E-state index contributed by atoms with van der Waals surface area (Å²) in [6.45, 7) is 0.836. The first-order chi connectivity index (χ1) is 8.45. The van der Waals surface area contributed by atoms with Crippen molar-refractivity contribution in [1.29, 1.82) is 0 Å². The predicted octanol–water partition coefficient (Wildman–Crippen LogP) is 3.68. The van der Waals surface area contributed by atoms with Gasteiger partial charge in [-0.3, -0.25) is 0 Å². The maximum Gasteiger partial charge on any atom is 0.198 e. The molecule has 1 aromatic rings. The number of rotatable bonds is 5. The number of aryl methyl sites for hydroxylation is 1. The Hall–Kier alpha value is -1.28. The lowest BCUT2D eigenvalue weighted by Gasteiger charge is -2.21. The second kappa shape index (κ2) is 7.13. The van der Waals surface area contributed by atoms with Gasteiger partial charge in [0.2, 0.25) is 0 Å². The van der Waals surface area contributed by atoms with E-state index in [0.29, 0.717) is 0 Å². The molecule has 92 valence electrons. The van der Waals surface area contributed by atoms with Gasteiger partial charge >= 0.3 is 0 Å². The Morgan fingerprint density at radius 3 is 2.88 bits per heavy atom. The van der Waals surface area contributed by atoms with E-state index in [4.69, 9.17) is 9.47 Å². The molecule has 0 amide bonds. The van der Waals surface area contributed by atoms with Crippen molar-refractivity contribution in [3.63, 3.8) is 0 Å². The van der Waals surface area contributed by atoms with E-state index < -0.39 is 0 Å². The van der Waals surface area contributed by atoms with Crippen LogP contribution in [-0.2, 0) is 15.9 Å². The average molecular weight is 232 g/mol. The molecule has 1 heterocycles. The van der Waals surface area contributed by atoms with E-state index in [0.717, 1.165) is 32.3 Å². The number of ether oxygens (including phenoxy) is 2. The average Bonchev–Trinajstić information content (AvgIpc) is 2.41. The van der Waals surface area contributed by atoms with Gasteiger partial charge < -0.3 is 9.47 Å². The highest BCUT2D eigenvalue weighted by Crippen LogP contribution is 2.13. The highest BCUT2D eigenvalue weighted by molar-refractivity contribution is 5.15. The Morgan fingerprint density at radius 2 is 2.12 bits per heavy atom. The summed E-state index contributed by atoms with van der Waals surface area (Å²) < 4.78 is 11.0. The molecule has 2 rings (SSSR count). The van der Waals surface area contributed by atoms with Crippen molar-refractivity contribution < 1.29 is 9.47 Å². The molecule has 0 bridgehead atoms. The van der Waals surface area contributed by atoms with Crippen LogP contribution >= 0.6 is 0 Å². The Morgan fingerprint density at radius 1 is 1.24 bits per heavy atom. The molecule has 2 nitrogen and oxygen atoms in total. The summed E-state index contributed by atoms with van der Waals surface area (Å²) in [6.07, 6.45) is 9.31. The van der Waals surface area contributed by atoms with Crippen molar-refractivity contribution in [2.24, 2.45) is 0 Å². The highest BCUT2D eigenvalue weighted by Gasteiger charge is 2.12. The number of hydrogen-bond acceptors (Lipinski definition) is 2. The fraction of sp³-hybridized carbons (Fsp3) is 0.467. The molecule has 0 saturated carbocycles. The fourth-order valence-corrected chi connectivity index (χ4v) is 1.92. The molecule has 0 N–H and O–H groups in total. The normalized spacial score (nSPS) is 20.6. The molecular formula is C15H20O2. The SMILES string of the molecule is C(=C\OC1CCCCO1)/CCc1ccccc1. The van der Waals surface area contributed by atoms with Crippen LogP contribution in [0.15, 0.2) is 42.7 Å². The smallest absolute Gasteiger partial charge is 0.198 e. The Bertz CT molecular complexity index is 326. The molecule has 2 heteroatoms. The van der Waals surface area contributed by atoms with E-state index in [1.54, 1.807) is 6.26 Å². The van der Waals surface area contributed by atoms with E-state index in [1.807, 2.05) is 6.07 Å². The largest absolute Gasteiger partial charge is 0.473 e. The first-order valence-corrected chi connectivity index (χ1v) is 6.41. The van der Waals surface area contributed by atoms with E-state index >= 15 is 0 Å². The number of allylic oxidation sites excluding steroid dienone is 1. The second-order valence-electron chi connectivity index (χ2n) is 4.33. The fourth-order valence-electron chi connectivity index (χ4n) is 1.92. The van der Waals surface area contributed by atoms with Gasteiger partial charge in [0.05, 0.1) is 12.9 Å². The van der Waals surface area contributed by atoms with E-state index in [9.17, 15) is 0 Å². The van der Waals surface area contributed by atoms with Crippen LogP contribution in [0.2, 0.25) is 0 Å². The molecular weight excluding hydrogens is 212 g/mol. The van der Waals surface area contributed by atoms with Crippen LogP contribution in [0.3, 0.4) is 0 Å². The molecule has 1 aliphatic rings. The summed E-state index contributed by atoms with van der Waals surface area (Å²) in [5, 5.41) is 0. The Balaban J connectivity index is 1.61. The van der Waals surface area contributed by atoms with Gasteiger partial charge in [0.25, 0.3) is 0 Å². The third kappa shape index (κ3) is 4.61. The lowest BCUT2D eigenvalue weighted by atomic mass is 10.1. The molecule has 0 spiro atoms. The van der Waals surface area contributed by atoms with Gasteiger partial charge in [0.1, 0.15) is 0 Å². The van der Waals surface area contributed by atoms with Crippen molar-refractivity contribution >= 4 is 0 Å². The minimum atomic E-state index is -0.0169. The topological polar surface area (TPSA) is 18.5 Å². The van der Waals surface area contributed by atoms with Gasteiger partial charge in [0, 0.05) is 6.42 Å². The van der Waals surface area contributed by atoms with Crippen LogP contribution in [0.5, 0.6) is 0 Å². The highest BCUT2D eigenvalue weighted by atomic mass is 16.7. The van der Waals surface area contributed by atoms with Crippen LogP contribution in [0.1, 0.15) is 31.2 Å². The third-order valence-corrected chi connectivity index (χ3v) is 2.91. The van der Waals surface area contributed by atoms with E-state index in [-0.39, 0.29) is 6.29 Å². The lowest BCUT2D eigenvalue weighted by Crippen LogP contribution is -2.19. The van der Waals surface area contributed by atoms with Crippen molar-refractivity contribution in [3.05, 3.63) is 48.2 Å². The van der Waals surface area contributed by atoms with Crippen molar-refractivity contribution in [2.75, 3.05) is 6.61 Å². The molecule has 1 unspecified atom stereocenters. The standard InChI is InChI=1S/C15H20O2/c1-2-8-14(9-3-1)10-4-6-12-16-15-11-5-7-13-17-15/h1-3,6,8-9,12,15H,4-5,7,10-11,13H2/b12-6+. The van der Waals surface area contributed by atoms with E-state index in [1.165, 1.54) is 12.0 Å². The zero-order valence-corrected chi connectivity index (χ0v) is 10.2. The van der Waals surface area contributed by atoms with Crippen molar-refractivity contribution in [1.82, 2.24) is 0 Å². The summed E-state index contributed by atoms with van der Waals surface area (Å²) in [7, 11) is 0. The molecule has 0 radical (unpaired) electrons. The molecule has 17 heavy (non-hydrogen) atoms. The minimum absolute atomic E-state index is 0.0169. The Labute approximate surface area is 103 Å². The molecule has 1 fully saturated rings. The monoisotopic (exact) mass is 232 g/mol. The quantitative estimate of drug-likeness (QED) is 0.721. The maximum atomic E-state index is 5.52. The number of hydrogen-bond donors (Lipinski definition) is 0. The zero-order chi connectivity index (χ0) is 11.8.